The van der Waals surface area contributed by atoms with Crippen molar-refractivity contribution in [2.24, 2.45) is 0 Å². The second-order valence-electron chi connectivity index (χ2n) is 7.12. The predicted molar refractivity (Wildman–Crippen MR) is 118 cm³/mol. The highest BCUT2D eigenvalue weighted by atomic mass is 32.2. The summed E-state index contributed by atoms with van der Waals surface area (Å²) < 4.78 is 39.4. The molecule has 4 rings (SSSR count). The fourth-order valence-corrected chi connectivity index (χ4v) is 5.01. The second-order valence-corrected chi connectivity index (χ2v) is 9.91. The molecule has 1 amide bonds. The second kappa shape index (κ2) is 9.09. The molecule has 162 valence electrons. The van der Waals surface area contributed by atoms with Gasteiger partial charge in [-0.05, 0) is 41.8 Å². The van der Waals surface area contributed by atoms with E-state index in [9.17, 15) is 13.2 Å². The van der Waals surface area contributed by atoms with Gasteiger partial charge in [-0.25, -0.2) is 13.1 Å². The van der Waals surface area contributed by atoms with E-state index in [2.05, 4.69) is 4.72 Å². The minimum atomic E-state index is -3.74. The van der Waals surface area contributed by atoms with Crippen LogP contribution in [0.1, 0.15) is 15.2 Å². The normalized spacial score (nSPS) is 15.5. The van der Waals surface area contributed by atoms with Crippen LogP contribution >= 0.6 is 11.3 Å². The van der Waals surface area contributed by atoms with Gasteiger partial charge in [-0.3, -0.25) is 4.79 Å². The third-order valence-electron chi connectivity index (χ3n) is 4.80. The molecule has 2 heterocycles. The fraction of sp³-hybridized carbons (Fsp3) is 0.227. The number of likely N-dealkylation sites (N-methyl/N-ethyl adjacent to an activating group) is 1. The number of sulfonamides is 1. The first kappa shape index (κ1) is 21.4. The average Bonchev–Trinajstić information content (AvgIpc) is 3.31. The van der Waals surface area contributed by atoms with Crippen LogP contribution in [0.3, 0.4) is 0 Å². The Morgan fingerprint density at radius 1 is 1.13 bits per heavy atom. The SMILES string of the molecule is CN(C[C@H]1COc2ccccc2O1)C(=O)c1cccc(S(=O)(=O)NCc2cccs2)c1. The first-order valence-corrected chi connectivity index (χ1v) is 12.0. The Hall–Kier alpha value is -2.88. The molecule has 0 saturated carbocycles. The topological polar surface area (TPSA) is 84.9 Å². The van der Waals surface area contributed by atoms with Gasteiger partial charge in [0.05, 0.1) is 11.4 Å². The van der Waals surface area contributed by atoms with E-state index in [1.807, 2.05) is 41.8 Å². The number of thiophene rings is 1. The van der Waals surface area contributed by atoms with E-state index in [1.165, 1.54) is 28.4 Å². The van der Waals surface area contributed by atoms with Crippen molar-refractivity contribution in [3.63, 3.8) is 0 Å². The molecule has 1 aliphatic heterocycles. The maximum absolute atomic E-state index is 12.9. The zero-order valence-electron chi connectivity index (χ0n) is 16.9. The summed E-state index contributed by atoms with van der Waals surface area (Å²) in [4.78, 5) is 15.4. The molecule has 0 fully saturated rings. The van der Waals surface area contributed by atoms with Gasteiger partial charge in [0.25, 0.3) is 5.91 Å². The zero-order valence-corrected chi connectivity index (χ0v) is 18.5. The van der Waals surface area contributed by atoms with Crippen LogP contribution in [-0.4, -0.2) is 45.5 Å². The van der Waals surface area contributed by atoms with Crippen molar-refractivity contribution in [1.82, 2.24) is 9.62 Å². The van der Waals surface area contributed by atoms with Gasteiger partial charge >= 0.3 is 0 Å². The first-order valence-electron chi connectivity index (χ1n) is 9.68. The number of para-hydroxylation sites is 2. The van der Waals surface area contributed by atoms with Gasteiger partial charge in [0.1, 0.15) is 6.61 Å². The molecule has 0 bridgehead atoms. The van der Waals surface area contributed by atoms with Gasteiger partial charge in [-0.1, -0.05) is 24.3 Å². The van der Waals surface area contributed by atoms with Crippen molar-refractivity contribution in [3.05, 3.63) is 76.5 Å². The summed E-state index contributed by atoms with van der Waals surface area (Å²) in [6.45, 7) is 0.842. The van der Waals surface area contributed by atoms with E-state index in [-0.39, 0.29) is 23.5 Å². The highest BCUT2D eigenvalue weighted by molar-refractivity contribution is 7.89. The molecule has 1 atom stereocenters. The van der Waals surface area contributed by atoms with Crippen LogP contribution in [0, 0.1) is 0 Å². The lowest BCUT2D eigenvalue weighted by atomic mass is 10.2. The van der Waals surface area contributed by atoms with Gasteiger partial charge < -0.3 is 14.4 Å². The Morgan fingerprint density at radius 2 is 1.94 bits per heavy atom. The highest BCUT2D eigenvalue weighted by Gasteiger charge is 2.25. The number of nitrogens with one attached hydrogen (secondary N) is 1. The number of ether oxygens (including phenoxy) is 2. The molecule has 7 nitrogen and oxygen atoms in total. The Morgan fingerprint density at radius 3 is 2.71 bits per heavy atom. The number of amides is 1. The molecule has 2 aromatic carbocycles. The largest absolute Gasteiger partial charge is 0.486 e. The predicted octanol–water partition coefficient (Wildman–Crippen LogP) is 3.14. The quantitative estimate of drug-likeness (QED) is 0.588. The van der Waals surface area contributed by atoms with Crippen LogP contribution in [0.4, 0.5) is 0 Å². The van der Waals surface area contributed by atoms with Crippen molar-refractivity contribution in [2.45, 2.75) is 17.5 Å². The van der Waals surface area contributed by atoms with Crippen molar-refractivity contribution in [1.29, 1.82) is 0 Å². The van der Waals surface area contributed by atoms with E-state index in [1.54, 1.807) is 19.2 Å². The van der Waals surface area contributed by atoms with Crippen molar-refractivity contribution < 1.29 is 22.7 Å². The molecule has 9 heteroatoms. The van der Waals surface area contributed by atoms with Gasteiger partial charge in [0, 0.05) is 24.0 Å². The molecule has 3 aromatic rings. The average molecular weight is 459 g/mol. The van der Waals surface area contributed by atoms with Gasteiger partial charge in [-0.2, -0.15) is 0 Å². The standard InChI is InChI=1S/C22H22N2O5S2/c1-24(14-17-15-28-20-9-2-3-10-21(20)29-17)22(25)16-6-4-8-19(12-16)31(26,27)23-13-18-7-5-11-30-18/h2-12,17,23H,13-15H2,1H3/t17-/m0/s1. The number of carbonyl (C=O) groups is 1. The highest BCUT2D eigenvalue weighted by Crippen LogP contribution is 2.31. The lowest BCUT2D eigenvalue weighted by Gasteiger charge is -2.29. The Balaban J connectivity index is 1.41. The Kier molecular flexibility index (Phi) is 6.26. The van der Waals surface area contributed by atoms with Gasteiger partial charge in [0.2, 0.25) is 10.0 Å². The summed E-state index contributed by atoms with van der Waals surface area (Å²) >= 11 is 1.47. The number of hydrogen-bond donors (Lipinski definition) is 1. The molecular weight excluding hydrogens is 436 g/mol. The first-order chi connectivity index (χ1) is 14.9. The number of nitrogens with zero attached hydrogens (tertiary/aromatic N) is 1. The van der Waals surface area contributed by atoms with Gasteiger partial charge in [-0.15, -0.1) is 11.3 Å². The van der Waals surface area contributed by atoms with Crippen molar-refractivity contribution in [3.8, 4) is 11.5 Å². The molecule has 0 unspecified atom stereocenters. The Bertz CT molecular complexity index is 1160. The van der Waals surface area contributed by atoms with Crippen molar-refractivity contribution in [2.75, 3.05) is 20.2 Å². The molecule has 1 aliphatic rings. The number of rotatable bonds is 7. The van der Waals surface area contributed by atoms with E-state index in [4.69, 9.17) is 9.47 Å². The summed E-state index contributed by atoms with van der Waals surface area (Å²) in [7, 11) is -2.08. The molecule has 1 N–H and O–H groups in total. The summed E-state index contributed by atoms with van der Waals surface area (Å²) in [5.41, 5.74) is 0.290. The number of hydrogen-bond acceptors (Lipinski definition) is 6. The van der Waals surface area contributed by atoms with Crippen LogP contribution in [-0.2, 0) is 16.6 Å². The van der Waals surface area contributed by atoms with Gasteiger partial charge in [0.15, 0.2) is 17.6 Å². The fourth-order valence-electron chi connectivity index (χ4n) is 3.22. The summed E-state index contributed by atoms with van der Waals surface area (Å²) in [5.74, 6) is 1.03. The Labute approximate surface area is 185 Å². The van der Waals surface area contributed by atoms with Crippen LogP contribution < -0.4 is 14.2 Å². The van der Waals surface area contributed by atoms with Crippen LogP contribution in [0.15, 0.2) is 70.9 Å². The number of fused-ring (bicyclic) bond motifs is 1. The molecule has 0 saturated heterocycles. The minimum absolute atomic E-state index is 0.0504. The zero-order chi connectivity index (χ0) is 21.8. The molecule has 0 aliphatic carbocycles. The molecule has 0 radical (unpaired) electrons. The van der Waals surface area contributed by atoms with Crippen LogP contribution in [0.2, 0.25) is 0 Å². The minimum Gasteiger partial charge on any atom is -0.486 e. The smallest absolute Gasteiger partial charge is 0.253 e. The molecular formula is C22H22N2O5S2. The lowest BCUT2D eigenvalue weighted by Crippen LogP contribution is -2.41. The van der Waals surface area contributed by atoms with E-state index >= 15 is 0 Å². The van der Waals surface area contributed by atoms with E-state index in [0.717, 1.165) is 4.88 Å². The lowest BCUT2D eigenvalue weighted by molar-refractivity contribution is 0.0521. The summed E-state index contributed by atoms with van der Waals surface area (Å²) in [6, 6.07) is 17.1. The molecule has 0 spiro atoms. The summed E-state index contributed by atoms with van der Waals surface area (Å²) in [6.07, 6.45) is -0.316. The third-order valence-corrected chi connectivity index (χ3v) is 7.07. The van der Waals surface area contributed by atoms with E-state index in [0.29, 0.717) is 30.2 Å². The van der Waals surface area contributed by atoms with Crippen molar-refractivity contribution >= 4 is 27.3 Å². The van der Waals surface area contributed by atoms with E-state index < -0.39 is 10.0 Å². The summed E-state index contributed by atoms with van der Waals surface area (Å²) in [5, 5.41) is 1.89. The third kappa shape index (κ3) is 5.07. The van der Waals surface area contributed by atoms with Crippen LogP contribution in [0.25, 0.3) is 0 Å². The maximum Gasteiger partial charge on any atom is 0.253 e. The maximum atomic E-state index is 12.9. The number of benzene rings is 2. The monoisotopic (exact) mass is 458 g/mol. The molecule has 1 aromatic heterocycles. The van der Waals surface area contributed by atoms with Crippen LogP contribution in [0.5, 0.6) is 11.5 Å². The number of carbonyl (C=O) groups excluding carboxylic acids is 1. The molecule has 31 heavy (non-hydrogen) atoms.